The molecule has 0 spiro atoms. The van der Waals surface area contributed by atoms with E-state index in [9.17, 15) is 9.59 Å². The quantitative estimate of drug-likeness (QED) is 0.755. The summed E-state index contributed by atoms with van der Waals surface area (Å²) in [6.45, 7) is 5.89. The maximum Gasteiger partial charge on any atom is 0.307 e. The van der Waals surface area contributed by atoms with E-state index in [0.29, 0.717) is 19.4 Å². The Morgan fingerprint density at radius 3 is 2.28 bits per heavy atom. The summed E-state index contributed by atoms with van der Waals surface area (Å²) >= 11 is 0. The van der Waals surface area contributed by atoms with Gasteiger partial charge in [0.25, 0.3) is 0 Å². The maximum atomic E-state index is 13.3. The molecule has 3 rings (SSSR count). The Balaban J connectivity index is 1.78. The van der Waals surface area contributed by atoms with Crippen LogP contribution in [0.2, 0.25) is 0 Å². The summed E-state index contributed by atoms with van der Waals surface area (Å²) in [5.74, 6) is 0.276. The molecule has 0 unspecified atom stereocenters. The van der Waals surface area contributed by atoms with E-state index in [-0.39, 0.29) is 18.3 Å². The van der Waals surface area contributed by atoms with E-state index in [1.807, 2.05) is 69.3 Å². The molecule has 0 bridgehead atoms. The van der Waals surface area contributed by atoms with Crippen molar-refractivity contribution in [3.05, 3.63) is 65.2 Å². The second kappa shape index (κ2) is 8.27. The second-order valence-electron chi connectivity index (χ2n) is 8.70. The molecule has 2 aromatic carbocycles. The van der Waals surface area contributed by atoms with Crippen molar-refractivity contribution < 1.29 is 19.1 Å². The van der Waals surface area contributed by atoms with E-state index >= 15 is 0 Å². The Morgan fingerprint density at radius 1 is 1.03 bits per heavy atom. The van der Waals surface area contributed by atoms with E-state index in [1.165, 1.54) is 0 Å². The molecule has 0 aromatic heterocycles. The van der Waals surface area contributed by atoms with Gasteiger partial charge in [-0.05, 0) is 62.4 Å². The summed E-state index contributed by atoms with van der Waals surface area (Å²) in [4.78, 5) is 25.9. The van der Waals surface area contributed by atoms with Crippen molar-refractivity contribution in [3.63, 3.8) is 0 Å². The van der Waals surface area contributed by atoms with Gasteiger partial charge in [0, 0.05) is 6.54 Å². The van der Waals surface area contributed by atoms with Crippen LogP contribution in [-0.4, -0.2) is 24.6 Å². The number of hydrogen-bond donors (Lipinski definition) is 1. The minimum atomic E-state index is -0.828. The number of nitrogens with one attached hydrogen (secondary N) is 1. The van der Waals surface area contributed by atoms with Crippen molar-refractivity contribution in [2.75, 3.05) is 7.11 Å². The molecule has 0 radical (unpaired) electrons. The van der Waals surface area contributed by atoms with Crippen LogP contribution in [0.5, 0.6) is 5.75 Å². The molecule has 29 heavy (non-hydrogen) atoms. The molecule has 0 heterocycles. The molecule has 154 valence electrons. The normalized spacial score (nSPS) is 14.8. The standard InChI is InChI=1S/C24H29NO4/c1-23(2,3)29-21(26)15-24(13-18-9-5-6-10-19(18)14-24)22(27)25-16-17-8-7-11-20(12-17)28-4/h5-12H,13-16H2,1-4H3,(H,25,27). The number of benzene rings is 2. The van der Waals surface area contributed by atoms with Gasteiger partial charge in [-0.25, -0.2) is 0 Å². The number of esters is 1. The number of carbonyl (C=O) groups excluding carboxylic acids is 2. The molecule has 1 amide bonds. The largest absolute Gasteiger partial charge is 0.497 e. The minimum Gasteiger partial charge on any atom is -0.497 e. The molecule has 0 aliphatic heterocycles. The zero-order valence-corrected chi connectivity index (χ0v) is 17.6. The average Bonchev–Trinajstić information content (AvgIpc) is 3.03. The fraction of sp³-hybridized carbons (Fsp3) is 0.417. The van der Waals surface area contributed by atoms with Gasteiger partial charge in [-0.2, -0.15) is 0 Å². The topological polar surface area (TPSA) is 64.6 Å². The first-order chi connectivity index (χ1) is 13.7. The first-order valence-electron chi connectivity index (χ1n) is 9.91. The maximum absolute atomic E-state index is 13.3. The molecule has 2 aromatic rings. The van der Waals surface area contributed by atoms with Crippen molar-refractivity contribution in [2.45, 2.75) is 52.2 Å². The van der Waals surface area contributed by atoms with Gasteiger partial charge in [-0.1, -0.05) is 36.4 Å². The lowest BCUT2D eigenvalue weighted by Crippen LogP contribution is -2.44. The third kappa shape index (κ3) is 5.17. The fourth-order valence-corrected chi connectivity index (χ4v) is 3.87. The molecule has 5 heteroatoms. The highest BCUT2D eigenvalue weighted by molar-refractivity contribution is 5.89. The van der Waals surface area contributed by atoms with Crippen molar-refractivity contribution in [2.24, 2.45) is 5.41 Å². The summed E-state index contributed by atoms with van der Waals surface area (Å²) in [7, 11) is 1.61. The summed E-state index contributed by atoms with van der Waals surface area (Å²) in [6.07, 6.45) is 1.13. The van der Waals surface area contributed by atoms with Crippen molar-refractivity contribution in [1.29, 1.82) is 0 Å². The molecule has 1 aliphatic carbocycles. The van der Waals surface area contributed by atoms with Gasteiger partial charge in [-0.3, -0.25) is 9.59 Å². The Kier molecular flexibility index (Phi) is 5.96. The summed E-state index contributed by atoms with van der Waals surface area (Å²) in [5.41, 5.74) is 1.77. The van der Waals surface area contributed by atoms with E-state index < -0.39 is 11.0 Å². The van der Waals surface area contributed by atoms with Gasteiger partial charge < -0.3 is 14.8 Å². The highest BCUT2D eigenvalue weighted by Gasteiger charge is 2.46. The van der Waals surface area contributed by atoms with Crippen LogP contribution in [0.4, 0.5) is 0 Å². The number of amides is 1. The lowest BCUT2D eigenvalue weighted by atomic mass is 9.80. The van der Waals surface area contributed by atoms with Crippen molar-refractivity contribution in [1.82, 2.24) is 5.32 Å². The second-order valence-corrected chi connectivity index (χ2v) is 8.70. The highest BCUT2D eigenvalue weighted by Crippen LogP contribution is 2.40. The SMILES string of the molecule is COc1cccc(CNC(=O)C2(CC(=O)OC(C)(C)C)Cc3ccccc3C2)c1. The predicted octanol–water partition coefficient (Wildman–Crippen LogP) is 3.83. The van der Waals surface area contributed by atoms with Gasteiger partial charge in [0.05, 0.1) is 18.9 Å². The third-order valence-corrected chi connectivity index (χ3v) is 5.15. The van der Waals surface area contributed by atoms with Crippen LogP contribution in [0.25, 0.3) is 0 Å². The first kappa shape index (κ1) is 20.9. The number of hydrogen-bond acceptors (Lipinski definition) is 4. The first-order valence-corrected chi connectivity index (χ1v) is 9.91. The van der Waals surface area contributed by atoms with E-state index in [4.69, 9.17) is 9.47 Å². The van der Waals surface area contributed by atoms with Crippen LogP contribution < -0.4 is 10.1 Å². The number of rotatable bonds is 6. The van der Waals surface area contributed by atoms with Crippen molar-refractivity contribution in [3.8, 4) is 5.75 Å². The van der Waals surface area contributed by atoms with Crippen LogP contribution in [0, 0.1) is 5.41 Å². The molecule has 0 atom stereocenters. The highest BCUT2D eigenvalue weighted by atomic mass is 16.6. The van der Waals surface area contributed by atoms with E-state index in [2.05, 4.69) is 5.32 Å². The number of ether oxygens (including phenoxy) is 2. The smallest absolute Gasteiger partial charge is 0.307 e. The molecule has 0 saturated heterocycles. The number of fused-ring (bicyclic) bond motifs is 1. The van der Waals surface area contributed by atoms with Gasteiger partial charge in [0.15, 0.2) is 0 Å². The zero-order valence-electron chi connectivity index (χ0n) is 17.6. The van der Waals surface area contributed by atoms with Crippen LogP contribution in [0.15, 0.2) is 48.5 Å². The van der Waals surface area contributed by atoms with E-state index in [1.54, 1.807) is 7.11 Å². The molecule has 0 fully saturated rings. The number of methoxy groups -OCH3 is 1. The minimum absolute atomic E-state index is 0.0584. The van der Waals surface area contributed by atoms with Gasteiger partial charge >= 0.3 is 5.97 Å². The Labute approximate surface area is 172 Å². The summed E-state index contributed by atoms with van der Waals surface area (Å²) in [6, 6.07) is 15.6. The number of carbonyl (C=O) groups is 2. The molecule has 1 N–H and O–H groups in total. The zero-order chi connectivity index (χ0) is 21.1. The van der Waals surface area contributed by atoms with Gasteiger partial charge in [0.1, 0.15) is 11.4 Å². The summed E-state index contributed by atoms with van der Waals surface area (Å²) < 4.78 is 10.8. The molecule has 5 nitrogen and oxygen atoms in total. The Bertz CT molecular complexity index is 873. The van der Waals surface area contributed by atoms with Crippen LogP contribution >= 0.6 is 0 Å². The van der Waals surface area contributed by atoms with Crippen molar-refractivity contribution >= 4 is 11.9 Å². The van der Waals surface area contributed by atoms with Crippen LogP contribution in [0.3, 0.4) is 0 Å². The third-order valence-electron chi connectivity index (χ3n) is 5.15. The molecular weight excluding hydrogens is 366 g/mol. The summed E-state index contributed by atoms with van der Waals surface area (Å²) in [5, 5.41) is 3.03. The van der Waals surface area contributed by atoms with Crippen LogP contribution in [0.1, 0.15) is 43.9 Å². The lowest BCUT2D eigenvalue weighted by Gasteiger charge is -2.29. The Hall–Kier alpha value is -2.82. The predicted molar refractivity (Wildman–Crippen MR) is 112 cm³/mol. The molecular formula is C24H29NO4. The van der Waals surface area contributed by atoms with E-state index in [0.717, 1.165) is 22.4 Å². The van der Waals surface area contributed by atoms with Gasteiger partial charge in [-0.15, -0.1) is 0 Å². The lowest BCUT2D eigenvalue weighted by molar-refractivity contribution is -0.160. The fourth-order valence-electron chi connectivity index (χ4n) is 3.87. The van der Waals surface area contributed by atoms with Crippen LogP contribution in [-0.2, 0) is 33.7 Å². The average molecular weight is 395 g/mol. The monoisotopic (exact) mass is 395 g/mol. The Morgan fingerprint density at radius 2 is 1.69 bits per heavy atom. The molecule has 1 aliphatic rings. The van der Waals surface area contributed by atoms with Gasteiger partial charge in [0.2, 0.25) is 5.91 Å². The molecule has 0 saturated carbocycles.